The van der Waals surface area contributed by atoms with Gasteiger partial charge in [0.25, 0.3) is 6.47 Å². The van der Waals surface area contributed by atoms with Crippen molar-refractivity contribution in [3.63, 3.8) is 0 Å². The van der Waals surface area contributed by atoms with Crippen molar-refractivity contribution in [2.75, 3.05) is 31.3 Å². The number of sulfonamides is 1. The average molecular weight is 628 g/mol. The number of likely N-dealkylation sites (N-methyl/N-ethyl adjacent to an activating group) is 1. The van der Waals surface area contributed by atoms with Crippen molar-refractivity contribution in [1.82, 2.24) is 14.3 Å². The first-order chi connectivity index (χ1) is 19.3. The fraction of sp³-hybridized carbons (Fsp3) is 0.360. The lowest BCUT2D eigenvalue weighted by Crippen LogP contribution is -2.56. The molecular weight excluding hydrogens is 599 g/mol. The molecule has 3 N–H and O–H groups in total. The minimum atomic E-state index is -3.77. The van der Waals surface area contributed by atoms with Crippen molar-refractivity contribution in [2.45, 2.75) is 31.7 Å². The Hall–Kier alpha value is -3.37. The van der Waals surface area contributed by atoms with Gasteiger partial charge in [-0.15, -0.1) is 11.3 Å². The number of aryl methyl sites for hydroxylation is 1. The highest BCUT2D eigenvalue weighted by molar-refractivity contribution is 7.89. The Labute approximate surface area is 245 Å². The second-order valence-electron chi connectivity index (χ2n) is 10.00. The zero-order valence-corrected chi connectivity index (χ0v) is 24.6. The van der Waals surface area contributed by atoms with Gasteiger partial charge in [0.2, 0.25) is 15.9 Å². The number of imidazole rings is 1. The normalized spacial score (nSPS) is 16.6. The van der Waals surface area contributed by atoms with Crippen LogP contribution < -0.4 is 15.4 Å². The standard InChI is InChI=1S/C25H28ClFN6O6S2/c1-33(2,25(23(28)35)39-15-34)14-22-29-9-11-31(22)16-3-5-20(18(27)13-16)32-10-7-19(24(32)36)30-41(37,38)12-8-17-4-6-21(26)40-17/h3-6,9,11,13,15,19,25,30H,7-8,10,12,14H2,1-2H3,(H-,28,35)/p+1/t19-,25?/m0/s1. The van der Waals surface area contributed by atoms with E-state index in [2.05, 4.69) is 9.71 Å². The van der Waals surface area contributed by atoms with E-state index in [1.807, 2.05) is 0 Å². The topological polar surface area (TPSA) is 154 Å². The number of halogens is 2. The molecule has 41 heavy (non-hydrogen) atoms. The Kier molecular flexibility index (Phi) is 9.13. The monoisotopic (exact) mass is 627 g/mol. The molecule has 4 rings (SSSR count). The first kappa shape index (κ1) is 30.6. The molecule has 0 aliphatic carbocycles. The van der Waals surface area contributed by atoms with Crippen molar-refractivity contribution in [3.8, 4) is 5.69 Å². The number of carbonyl (C=O) groups excluding carboxylic acids is 3. The van der Waals surface area contributed by atoms with E-state index in [0.29, 0.717) is 15.8 Å². The number of amides is 2. The van der Waals surface area contributed by atoms with Gasteiger partial charge in [-0.05, 0) is 37.1 Å². The average Bonchev–Trinajstić information content (AvgIpc) is 3.61. The van der Waals surface area contributed by atoms with Crippen molar-refractivity contribution >= 4 is 56.9 Å². The first-order valence-corrected chi connectivity index (χ1v) is 15.2. The van der Waals surface area contributed by atoms with E-state index in [4.69, 9.17) is 22.1 Å². The molecule has 220 valence electrons. The zero-order valence-electron chi connectivity index (χ0n) is 22.2. The molecule has 3 aromatic rings. The minimum Gasteiger partial charge on any atom is -0.405 e. The van der Waals surface area contributed by atoms with E-state index in [9.17, 15) is 22.8 Å². The molecule has 0 bridgehead atoms. The van der Waals surface area contributed by atoms with Crippen molar-refractivity contribution < 1.29 is 36.4 Å². The Morgan fingerprint density at radius 1 is 1.37 bits per heavy atom. The molecule has 1 fully saturated rings. The van der Waals surface area contributed by atoms with E-state index in [1.165, 1.54) is 34.6 Å². The summed E-state index contributed by atoms with van der Waals surface area (Å²) in [5, 5.41) is 0. The lowest BCUT2D eigenvalue weighted by atomic mass is 10.2. The summed E-state index contributed by atoms with van der Waals surface area (Å²) in [6, 6.07) is 6.70. The highest BCUT2D eigenvalue weighted by Crippen LogP contribution is 2.28. The molecule has 0 radical (unpaired) electrons. The van der Waals surface area contributed by atoms with E-state index >= 15 is 4.39 Å². The van der Waals surface area contributed by atoms with Crippen LogP contribution in [0.4, 0.5) is 10.1 Å². The molecule has 3 heterocycles. The number of nitrogens with two attached hydrogens (primary N) is 1. The SMILES string of the molecule is C[N+](C)(Cc1nccn1-c1ccc(N2CC[C@H](NS(=O)(=O)CCc3ccc(Cl)s3)C2=O)c(F)c1)C(OC=O)C(N)=O. The van der Waals surface area contributed by atoms with Crippen molar-refractivity contribution in [3.05, 3.63) is 63.6 Å². The fourth-order valence-electron chi connectivity index (χ4n) is 4.65. The summed E-state index contributed by atoms with van der Waals surface area (Å²) in [6.45, 7) is 0.381. The number of carbonyl (C=O) groups is 3. The van der Waals surface area contributed by atoms with Gasteiger partial charge in [0, 0.05) is 35.6 Å². The lowest BCUT2D eigenvalue weighted by molar-refractivity contribution is -0.937. The molecule has 2 atom stereocenters. The maximum atomic E-state index is 15.3. The molecule has 1 aliphatic rings. The summed E-state index contributed by atoms with van der Waals surface area (Å²) in [5.74, 6) is -1.85. The van der Waals surface area contributed by atoms with E-state index < -0.39 is 39.9 Å². The summed E-state index contributed by atoms with van der Waals surface area (Å²) in [6.07, 6.45) is 2.27. The highest BCUT2D eigenvalue weighted by Gasteiger charge is 2.38. The number of nitrogens with zero attached hydrogens (tertiary/aromatic N) is 4. The smallest absolute Gasteiger partial charge is 0.318 e. The third-order valence-corrected chi connectivity index (χ3v) is 9.28. The minimum absolute atomic E-state index is 0.0135. The van der Waals surface area contributed by atoms with Crippen LogP contribution in [0.2, 0.25) is 4.34 Å². The Morgan fingerprint density at radius 3 is 2.76 bits per heavy atom. The summed E-state index contributed by atoms with van der Waals surface area (Å²) in [4.78, 5) is 42.0. The van der Waals surface area contributed by atoms with Crippen LogP contribution in [0.3, 0.4) is 0 Å². The van der Waals surface area contributed by atoms with Gasteiger partial charge >= 0.3 is 12.1 Å². The van der Waals surface area contributed by atoms with Gasteiger partial charge in [0.05, 0.1) is 29.9 Å². The molecule has 1 saturated heterocycles. The number of quaternary nitrogens is 1. The summed E-state index contributed by atoms with van der Waals surface area (Å²) in [5.41, 5.74) is 5.79. The van der Waals surface area contributed by atoms with Crippen LogP contribution >= 0.6 is 22.9 Å². The molecule has 16 heteroatoms. The Morgan fingerprint density at radius 2 is 2.12 bits per heavy atom. The van der Waals surface area contributed by atoms with Crippen molar-refractivity contribution in [1.29, 1.82) is 0 Å². The first-order valence-electron chi connectivity index (χ1n) is 12.4. The summed E-state index contributed by atoms with van der Waals surface area (Å²) < 4.78 is 49.9. The van der Waals surface area contributed by atoms with E-state index in [-0.39, 0.29) is 48.3 Å². The molecule has 1 aliphatic heterocycles. The number of hydrogen-bond acceptors (Lipinski definition) is 8. The van der Waals surface area contributed by atoms with Crippen LogP contribution in [-0.4, -0.2) is 79.4 Å². The second kappa shape index (κ2) is 12.2. The predicted molar refractivity (Wildman–Crippen MR) is 150 cm³/mol. The van der Waals surface area contributed by atoms with Gasteiger partial charge in [-0.3, -0.25) is 23.4 Å². The largest absolute Gasteiger partial charge is 0.405 e. The number of benzene rings is 1. The van der Waals surface area contributed by atoms with Gasteiger partial charge < -0.3 is 15.4 Å². The third-order valence-electron chi connectivity index (χ3n) is 6.60. The number of rotatable bonds is 13. The number of nitrogens with one attached hydrogen (secondary N) is 1. The van der Waals surface area contributed by atoms with Crippen LogP contribution in [0.1, 0.15) is 17.1 Å². The van der Waals surface area contributed by atoms with Gasteiger partial charge in [-0.2, -0.15) is 0 Å². The molecule has 1 unspecified atom stereocenters. The summed E-state index contributed by atoms with van der Waals surface area (Å²) in [7, 11) is -0.515. The predicted octanol–water partition coefficient (Wildman–Crippen LogP) is 1.55. The quantitative estimate of drug-likeness (QED) is 0.166. The molecule has 2 amide bonds. The highest BCUT2D eigenvalue weighted by atomic mass is 35.5. The molecule has 0 spiro atoms. The van der Waals surface area contributed by atoms with Crippen LogP contribution in [0.15, 0.2) is 42.7 Å². The summed E-state index contributed by atoms with van der Waals surface area (Å²) >= 11 is 7.19. The lowest BCUT2D eigenvalue weighted by Gasteiger charge is -2.33. The zero-order chi connectivity index (χ0) is 29.9. The molecule has 1 aromatic carbocycles. The van der Waals surface area contributed by atoms with Gasteiger partial charge in [-0.25, -0.2) is 22.5 Å². The molecule has 12 nitrogen and oxygen atoms in total. The van der Waals surface area contributed by atoms with Gasteiger partial charge in [-0.1, -0.05) is 11.6 Å². The van der Waals surface area contributed by atoms with Crippen LogP contribution in [0.5, 0.6) is 0 Å². The van der Waals surface area contributed by atoms with Crippen LogP contribution in [0.25, 0.3) is 5.69 Å². The fourth-order valence-corrected chi connectivity index (χ4v) is 7.13. The number of primary amides is 1. The third kappa shape index (κ3) is 7.11. The van der Waals surface area contributed by atoms with Gasteiger partial charge in [0.1, 0.15) is 18.4 Å². The molecule has 2 aromatic heterocycles. The maximum absolute atomic E-state index is 15.3. The maximum Gasteiger partial charge on any atom is 0.318 e. The van der Waals surface area contributed by atoms with Crippen LogP contribution in [-0.2, 0) is 42.1 Å². The number of aromatic nitrogens is 2. The van der Waals surface area contributed by atoms with E-state index in [1.54, 1.807) is 43.1 Å². The number of thiophene rings is 1. The molecular formula is C25H29ClFN6O6S2+. The second-order valence-corrected chi connectivity index (χ2v) is 13.7. The van der Waals surface area contributed by atoms with Crippen LogP contribution in [0, 0.1) is 5.82 Å². The number of anilines is 1. The number of ether oxygens (including phenoxy) is 1. The van der Waals surface area contributed by atoms with Crippen molar-refractivity contribution in [2.24, 2.45) is 5.73 Å². The Bertz CT molecular complexity index is 1560. The molecule has 0 saturated carbocycles. The number of hydrogen-bond donors (Lipinski definition) is 2. The Balaban J connectivity index is 1.46. The van der Waals surface area contributed by atoms with E-state index in [0.717, 1.165) is 4.88 Å². The van der Waals surface area contributed by atoms with Gasteiger partial charge in [0.15, 0.2) is 5.82 Å².